The van der Waals surface area contributed by atoms with E-state index in [-0.39, 0.29) is 10.9 Å². The average molecular weight is 158 g/mol. The van der Waals surface area contributed by atoms with Crippen molar-refractivity contribution in [3.05, 3.63) is 23.8 Å². The molecule has 0 bridgehead atoms. The lowest BCUT2D eigenvalue weighted by Gasteiger charge is -2.32. The highest BCUT2D eigenvalue weighted by atomic mass is 35.5. The van der Waals surface area contributed by atoms with E-state index in [0.717, 1.165) is 5.57 Å². The van der Waals surface area contributed by atoms with Crippen molar-refractivity contribution in [2.75, 3.05) is 13.1 Å². The minimum Gasteiger partial charge on any atom is -0.330 e. The summed E-state index contributed by atoms with van der Waals surface area (Å²) in [6.07, 6.45) is 0. The Morgan fingerprint density at radius 1 is 1.60 bits per heavy atom. The maximum Gasteiger partial charge on any atom is 0.265 e. The van der Waals surface area contributed by atoms with Gasteiger partial charge in [0.1, 0.15) is 0 Å². The molecule has 1 rings (SSSR count). The molecule has 1 saturated heterocycles. The molecule has 0 aromatic heterocycles. The second kappa shape index (κ2) is 2.46. The molecule has 2 nitrogen and oxygen atoms in total. The van der Waals surface area contributed by atoms with E-state index < -0.39 is 0 Å². The minimum atomic E-state index is -0.186. The molecule has 1 aliphatic heterocycles. The largest absolute Gasteiger partial charge is 0.330 e. The Bertz CT molecular complexity index is 202. The molecule has 1 aliphatic rings. The van der Waals surface area contributed by atoms with Crippen molar-refractivity contribution >= 4 is 17.5 Å². The van der Waals surface area contributed by atoms with Gasteiger partial charge in [-0.25, -0.2) is 0 Å². The number of rotatable bonds is 1. The van der Waals surface area contributed by atoms with Crippen molar-refractivity contribution in [2.45, 2.75) is 0 Å². The van der Waals surface area contributed by atoms with Crippen LogP contribution in [0.4, 0.5) is 0 Å². The highest BCUT2D eigenvalue weighted by Gasteiger charge is 2.24. The Balaban J connectivity index is 2.46. The number of likely N-dealkylation sites (tertiary alicyclic amines) is 1. The molecule has 0 radical (unpaired) electrons. The van der Waals surface area contributed by atoms with Gasteiger partial charge in [0.2, 0.25) is 0 Å². The molecule has 54 valence electrons. The number of carbonyl (C=O) groups excluding carboxylic acids is 1. The standard InChI is InChI=1S/C7H8ClNO/c1-5-3-9(4-5)7(10)6(2)8/h1-4H2. The van der Waals surface area contributed by atoms with Gasteiger partial charge in [-0.05, 0) is 5.57 Å². The Hall–Kier alpha value is -0.760. The summed E-state index contributed by atoms with van der Waals surface area (Å²) >= 11 is 5.37. The van der Waals surface area contributed by atoms with Crippen LogP contribution in [0.2, 0.25) is 0 Å². The van der Waals surface area contributed by atoms with Gasteiger partial charge in [-0.2, -0.15) is 0 Å². The van der Waals surface area contributed by atoms with E-state index in [9.17, 15) is 4.79 Å². The number of carbonyl (C=O) groups is 1. The molecule has 1 heterocycles. The predicted molar refractivity (Wildman–Crippen MR) is 40.7 cm³/mol. The van der Waals surface area contributed by atoms with Crippen LogP contribution in [-0.2, 0) is 4.79 Å². The molecule has 0 saturated carbocycles. The number of hydrogen-bond acceptors (Lipinski definition) is 1. The second-order valence-corrected chi connectivity index (χ2v) is 2.77. The molecular weight excluding hydrogens is 150 g/mol. The van der Waals surface area contributed by atoms with Gasteiger partial charge in [0.15, 0.2) is 0 Å². The third-order valence-corrected chi connectivity index (χ3v) is 1.51. The minimum absolute atomic E-state index is 0.0764. The molecule has 1 fully saturated rings. The van der Waals surface area contributed by atoms with Crippen LogP contribution in [0, 0.1) is 0 Å². The zero-order valence-corrected chi connectivity index (χ0v) is 6.32. The fraction of sp³-hybridized carbons (Fsp3) is 0.286. The fourth-order valence-corrected chi connectivity index (χ4v) is 0.928. The third kappa shape index (κ3) is 1.21. The summed E-state index contributed by atoms with van der Waals surface area (Å²) in [4.78, 5) is 12.5. The van der Waals surface area contributed by atoms with Gasteiger partial charge in [-0.1, -0.05) is 24.8 Å². The van der Waals surface area contributed by atoms with Crippen LogP contribution in [0.25, 0.3) is 0 Å². The second-order valence-electron chi connectivity index (χ2n) is 2.32. The molecule has 3 heteroatoms. The molecule has 0 unspecified atom stereocenters. The first-order valence-electron chi connectivity index (χ1n) is 2.91. The lowest BCUT2D eigenvalue weighted by atomic mass is 10.1. The first-order valence-corrected chi connectivity index (χ1v) is 3.29. The highest BCUT2D eigenvalue weighted by Crippen LogP contribution is 2.15. The molecule has 0 aliphatic carbocycles. The van der Waals surface area contributed by atoms with Crippen LogP contribution in [0.1, 0.15) is 0 Å². The van der Waals surface area contributed by atoms with Crippen LogP contribution >= 0.6 is 11.6 Å². The summed E-state index contributed by atoms with van der Waals surface area (Å²) in [6, 6.07) is 0. The quantitative estimate of drug-likeness (QED) is 0.413. The molecule has 0 atom stereocenters. The number of nitrogens with zero attached hydrogens (tertiary/aromatic N) is 1. The first-order chi connectivity index (χ1) is 4.61. The average Bonchev–Trinajstić information content (AvgIpc) is 1.79. The molecule has 0 aromatic rings. The van der Waals surface area contributed by atoms with Gasteiger partial charge in [-0.15, -0.1) is 0 Å². The van der Waals surface area contributed by atoms with E-state index in [4.69, 9.17) is 11.6 Å². The van der Waals surface area contributed by atoms with E-state index >= 15 is 0 Å². The van der Waals surface area contributed by atoms with Crippen LogP contribution in [0.15, 0.2) is 23.8 Å². The van der Waals surface area contributed by atoms with Gasteiger partial charge in [-0.3, -0.25) is 4.79 Å². The summed E-state index contributed by atoms with van der Waals surface area (Å²) < 4.78 is 0. The van der Waals surface area contributed by atoms with Crippen LogP contribution < -0.4 is 0 Å². The Morgan fingerprint density at radius 2 is 2.10 bits per heavy atom. The summed E-state index contributed by atoms with van der Waals surface area (Å²) in [5.41, 5.74) is 1.06. The summed E-state index contributed by atoms with van der Waals surface area (Å²) in [7, 11) is 0. The van der Waals surface area contributed by atoms with Crippen LogP contribution in [0.5, 0.6) is 0 Å². The summed E-state index contributed by atoms with van der Waals surface area (Å²) in [5.74, 6) is -0.186. The number of hydrogen-bond donors (Lipinski definition) is 0. The highest BCUT2D eigenvalue weighted by molar-refractivity contribution is 6.41. The fourth-order valence-electron chi connectivity index (χ4n) is 0.809. The van der Waals surface area contributed by atoms with Gasteiger partial charge in [0, 0.05) is 13.1 Å². The SMILES string of the molecule is C=C1CN(C(=O)C(=C)Cl)C1. The van der Waals surface area contributed by atoms with E-state index in [1.54, 1.807) is 4.90 Å². The zero-order valence-electron chi connectivity index (χ0n) is 5.56. The monoisotopic (exact) mass is 157 g/mol. The lowest BCUT2D eigenvalue weighted by Crippen LogP contribution is -2.43. The van der Waals surface area contributed by atoms with Crippen molar-refractivity contribution in [1.82, 2.24) is 4.90 Å². The molecule has 0 spiro atoms. The van der Waals surface area contributed by atoms with Crippen molar-refractivity contribution in [3.63, 3.8) is 0 Å². The molecule has 10 heavy (non-hydrogen) atoms. The van der Waals surface area contributed by atoms with Crippen molar-refractivity contribution in [1.29, 1.82) is 0 Å². The van der Waals surface area contributed by atoms with E-state index in [0.29, 0.717) is 13.1 Å². The van der Waals surface area contributed by atoms with Crippen molar-refractivity contribution in [3.8, 4) is 0 Å². The Morgan fingerprint density at radius 3 is 2.40 bits per heavy atom. The molecule has 0 N–H and O–H groups in total. The van der Waals surface area contributed by atoms with Crippen molar-refractivity contribution < 1.29 is 4.79 Å². The van der Waals surface area contributed by atoms with Gasteiger partial charge < -0.3 is 4.90 Å². The Labute approximate surface area is 64.8 Å². The van der Waals surface area contributed by atoms with Gasteiger partial charge >= 0.3 is 0 Å². The topological polar surface area (TPSA) is 20.3 Å². The molecule has 1 amide bonds. The van der Waals surface area contributed by atoms with E-state index in [2.05, 4.69) is 13.2 Å². The maximum absolute atomic E-state index is 10.9. The maximum atomic E-state index is 10.9. The predicted octanol–water partition coefficient (Wildman–Crippen LogP) is 1.14. The molecular formula is C7H8ClNO. The summed E-state index contributed by atoms with van der Waals surface area (Å²) in [5, 5.41) is 0.0764. The van der Waals surface area contributed by atoms with E-state index in [1.165, 1.54) is 0 Å². The lowest BCUT2D eigenvalue weighted by molar-refractivity contribution is -0.127. The van der Waals surface area contributed by atoms with Crippen LogP contribution in [-0.4, -0.2) is 23.9 Å². The summed E-state index contributed by atoms with van der Waals surface area (Å²) in [6.45, 7) is 8.27. The van der Waals surface area contributed by atoms with Gasteiger partial charge in [0.05, 0.1) is 5.03 Å². The van der Waals surface area contributed by atoms with Gasteiger partial charge in [0.25, 0.3) is 5.91 Å². The smallest absolute Gasteiger partial charge is 0.265 e. The number of halogens is 1. The molecule has 0 aromatic carbocycles. The number of amides is 1. The first kappa shape index (κ1) is 7.35. The third-order valence-electron chi connectivity index (χ3n) is 1.35. The zero-order chi connectivity index (χ0) is 7.72. The van der Waals surface area contributed by atoms with Crippen molar-refractivity contribution in [2.24, 2.45) is 0 Å². The Kier molecular flexibility index (Phi) is 1.81. The van der Waals surface area contributed by atoms with E-state index in [1.807, 2.05) is 0 Å². The normalized spacial score (nSPS) is 16.5. The van der Waals surface area contributed by atoms with Crippen LogP contribution in [0.3, 0.4) is 0 Å².